The van der Waals surface area contributed by atoms with Crippen LogP contribution >= 0.6 is 0 Å². The molecule has 3 rings (SSSR count). The summed E-state index contributed by atoms with van der Waals surface area (Å²) in [6.07, 6.45) is 2.09. The average Bonchev–Trinajstić information content (AvgIpc) is 3.03. The number of rotatable bonds is 9. The van der Waals surface area contributed by atoms with Gasteiger partial charge in [-0.15, -0.1) is 0 Å². The van der Waals surface area contributed by atoms with Gasteiger partial charge in [0.1, 0.15) is 5.75 Å². The minimum Gasteiger partial charge on any atom is -0.493 e. The van der Waals surface area contributed by atoms with Crippen molar-refractivity contribution in [2.75, 3.05) is 52.4 Å². The summed E-state index contributed by atoms with van der Waals surface area (Å²) in [5.74, 6) is 1.22. The molecule has 0 N–H and O–H groups in total. The zero-order chi connectivity index (χ0) is 22.1. The Bertz CT molecular complexity index is 861. The van der Waals surface area contributed by atoms with Crippen molar-refractivity contribution in [1.29, 1.82) is 0 Å². The van der Waals surface area contributed by atoms with Crippen molar-refractivity contribution in [3.63, 3.8) is 0 Å². The largest absolute Gasteiger partial charge is 0.493 e. The molecule has 2 amide bonds. The molecule has 1 fully saturated rings. The third-order valence-electron chi connectivity index (χ3n) is 5.96. The third-order valence-corrected chi connectivity index (χ3v) is 5.96. The van der Waals surface area contributed by atoms with Gasteiger partial charge in [0, 0.05) is 51.1 Å². The van der Waals surface area contributed by atoms with Crippen molar-refractivity contribution in [3.8, 4) is 5.75 Å². The first-order valence-corrected chi connectivity index (χ1v) is 11.5. The Balaban J connectivity index is 1.41. The molecule has 0 radical (unpaired) electrons. The lowest BCUT2D eigenvalue weighted by Gasteiger charge is -2.25. The molecule has 31 heavy (non-hydrogen) atoms. The summed E-state index contributed by atoms with van der Waals surface area (Å²) in [6, 6.07) is 14.2. The molecule has 2 aromatic rings. The molecule has 6 nitrogen and oxygen atoms in total. The van der Waals surface area contributed by atoms with Gasteiger partial charge in [0.05, 0.1) is 13.2 Å². The first kappa shape index (κ1) is 23.1. The van der Waals surface area contributed by atoms with Crippen LogP contribution in [0, 0.1) is 0 Å². The van der Waals surface area contributed by atoms with Gasteiger partial charge >= 0.3 is 0 Å². The number of amides is 2. The third kappa shape index (κ3) is 6.44. The van der Waals surface area contributed by atoms with E-state index in [1.165, 1.54) is 0 Å². The predicted molar refractivity (Wildman–Crippen MR) is 124 cm³/mol. The van der Waals surface area contributed by atoms with Gasteiger partial charge < -0.3 is 14.5 Å². The first-order valence-electron chi connectivity index (χ1n) is 11.5. The summed E-state index contributed by atoms with van der Waals surface area (Å²) in [6.45, 7) is 9.55. The van der Waals surface area contributed by atoms with E-state index in [0.29, 0.717) is 32.5 Å². The average molecular weight is 426 g/mol. The Kier molecular flexibility index (Phi) is 8.71. The number of fused-ring (bicyclic) bond motifs is 1. The van der Waals surface area contributed by atoms with Gasteiger partial charge in [0.2, 0.25) is 11.8 Å². The van der Waals surface area contributed by atoms with E-state index in [9.17, 15) is 9.59 Å². The van der Waals surface area contributed by atoms with Gasteiger partial charge in [-0.05, 0) is 38.1 Å². The summed E-state index contributed by atoms with van der Waals surface area (Å²) in [7, 11) is 0. The van der Waals surface area contributed by atoms with E-state index in [0.717, 1.165) is 55.7 Å². The van der Waals surface area contributed by atoms with Crippen LogP contribution in [0.5, 0.6) is 5.75 Å². The first-order chi connectivity index (χ1) is 15.1. The molecule has 0 aliphatic carbocycles. The molecular weight excluding hydrogens is 390 g/mol. The maximum Gasteiger partial charge on any atom is 0.236 e. The normalized spacial score (nSPS) is 15.0. The molecule has 0 atom stereocenters. The summed E-state index contributed by atoms with van der Waals surface area (Å²) in [5, 5.41) is 2.26. The second-order valence-corrected chi connectivity index (χ2v) is 8.01. The standard InChI is InChI=1S/C25H35N3O3/c1-3-27(4-2)25(30)20-26-15-9-16-28(18-17-26)24(29)14-8-19-31-23-13-7-11-21-10-5-6-12-22(21)23/h5-7,10-13H,3-4,8-9,14-20H2,1-2H3. The van der Waals surface area contributed by atoms with E-state index in [1.54, 1.807) is 0 Å². The predicted octanol–water partition coefficient (Wildman–Crippen LogP) is 3.40. The van der Waals surface area contributed by atoms with Gasteiger partial charge in [-0.2, -0.15) is 0 Å². The van der Waals surface area contributed by atoms with Crippen LogP contribution in [-0.4, -0.2) is 78.9 Å². The monoisotopic (exact) mass is 425 g/mol. The van der Waals surface area contributed by atoms with Gasteiger partial charge in [0.25, 0.3) is 0 Å². The second kappa shape index (κ2) is 11.7. The van der Waals surface area contributed by atoms with Crippen LogP contribution in [0.25, 0.3) is 10.8 Å². The molecule has 1 aliphatic heterocycles. The molecule has 1 heterocycles. The molecule has 6 heteroatoms. The Labute approximate surface area is 185 Å². The Hall–Kier alpha value is -2.60. The number of ether oxygens (including phenoxy) is 1. The molecule has 0 aromatic heterocycles. The molecule has 168 valence electrons. The molecule has 1 aliphatic rings. The maximum absolute atomic E-state index is 12.7. The SMILES string of the molecule is CCN(CC)C(=O)CN1CCCN(C(=O)CCCOc2cccc3ccccc23)CC1. The van der Waals surface area contributed by atoms with Crippen LogP contribution in [0.15, 0.2) is 42.5 Å². The number of likely N-dealkylation sites (N-methyl/N-ethyl adjacent to an activating group) is 1. The zero-order valence-corrected chi connectivity index (χ0v) is 18.9. The minimum absolute atomic E-state index is 0.176. The van der Waals surface area contributed by atoms with Gasteiger partial charge in [0.15, 0.2) is 0 Å². The minimum atomic E-state index is 0.176. The highest BCUT2D eigenvalue weighted by atomic mass is 16.5. The lowest BCUT2D eigenvalue weighted by molar-refractivity contribution is -0.132. The van der Waals surface area contributed by atoms with Crippen LogP contribution < -0.4 is 4.74 Å². The number of hydrogen-bond acceptors (Lipinski definition) is 4. The van der Waals surface area contributed by atoms with Crippen molar-refractivity contribution < 1.29 is 14.3 Å². The van der Waals surface area contributed by atoms with Crippen LogP contribution in [-0.2, 0) is 9.59 Å². The van der Waals surface area contributed by atoms with Gasteiger partial charge in [-0.3, -0.25) is 14.5 Å². The summed E-state index contributed by atoms with van der Waals surface area (Å²) < 4.78 is 5.97. The number of carbonyl (C=O) groups is 2. The van der Waals surface area contributed by atoms with E-state index in [2.05, 4.69) is 23.1 Å². The molecule has 0 spiro atoms. The van der Waals surface area contributed by atoms with Crippen LogP contribution in [0.1, 0.15) is 33.1 Å². The fourth-order valence-corrected chi connectivity index (χ4v) is 4.13. The molecule has 2 aromatic carbocycles. The molecule has 0 saturated carbocycles. The lowest BCUT2D eigenvalue weighted by atomic mass is 10.1. The fraction of sp³-hybridized carbons (Fsp3) is 0.520. The van der Waals surface area contributed by atoms with E-state index >= 15 is 0 Å². The second-order valence-electron chi connectivity index (χ2n) is 8.01. The van der Waals surface area contributed by atoms with E-state index in [4.69, 9.17) is 4.74 Å². The highest BCUT2D eigenvalue weighted by molar-refractivity contribution is 5.88. The fourth-order valence-electron chi connectivity index (χ4n) is 4.13. The van der Waals surface area contributed by atoms with Crippen molar-refractivity contribution in [2.24, 2.45) is 0 Å². The molecular formula is C25H35N3O3. The Morgan fingerprint density at radius 1 is 0.968 bits per heavy atom. The van der Waals surface area contributed by atoms with Crippen molar-refractivity contribution in [3.05, 3.63) is 42.5 Å². The summed E-state index contributed by atoms with van der Waals surface area (Å²) in [4.78, 5) is 31.0. The van der Waals surface area contributed by atoms with Gasteiger partial charge in [-0.1, -0.05) is 36.4 Å². The van der Waals surface area contributed by atoms with Crippen molar-refractivity contribution >= 4 is 22.6 Å². The Morgan fingerprint density at radius 2 is 1.74 bits per heavy atom. The quantitative estimate of drug-likeness (QED) is 0.578. The lowest BCUT2D eigenvalue weighted by Crippen LogP contribution is -2.42. The van der Waals surface area contributed by atoms with E-state index < -0.39 is 0 Å². The summed E-state index contributed by atoms with van der Waals surface area (Å²) in [5.41, 5.74) is 0. The summed E-state index contributed by atoms with van der Waals surface area (Å²) >= 11 is 0. The highest BCUT2D eigenvalue weighted by Crippen LogP contribution is 2.25. The zero-order valence-electron chi connectivity index (χ0n) is 18.9. The van der Waals surface area contributed by atoms with Crippen LogP contribution in [0.3, 0.4) is 0 Å². The maximum atomic E-state index is 12.7. The van der Waals surface area contributed by atoms with Crippen molar-refractivity contribution in [1.82, 2.24) is 14.7 Å². The topological polar surface area (TPSA) is 53.1 Å². The van der Waals surface area contributed by atoms with Crippen LogP contribution in [0.4, 0.5) is 0 Å². The number of benzene rings is 2. The van der Waals surface area contributed by atoms with E-state index in [-0.39, 0.29) is 11.8 Å². The molecule has 0 unspecified atom stereocenters. The number of hydrogen-bond donors (Lipinski definition) is 0. The molecule has 1 saturated heterocycles. The molecule has 0 bridgehead atoms. The Morgan fingerprint density at radius 3 is 2.55 bits per heavy atom. The van der Waals surface area contributed by atoms with Gasteiger partial charge in [-0.25, -0.2) is 0 Å². The van der Waals surface area contributed by atoms with E-state index in [1.807, 2.05) is 47.9 Å². The number of nitrogens with zero attached hydrogens (tertiary/aromatic N) is 3. The smallest absolute Gasteiger partial charge is 0.236 e. The number of carbonyl (C=O) groups excluding carboxylic acids is 2. The highest BCUT2D eigenvalue weighted by Gasteiger charge is 2.21. The van der Waals surface area contributed by atoms with Crippen molar-refractivity contribution in [2.45, 2.75) is 33.1 Å². The van der Waals surface area contributed by atoms with Crippen LogP contribution in [0.2, 0.25) is 0 Å².